The van der Waals surface area contributed by atoms with Crippen molar-refractivity contribution >= 4 is 11.2 Å². The zero-order valence-electron chi connectivity index (χ0n) is 12.4. The van der Waals surface area contributed by atoms with Crippen molar-refractivity contribution in [3.8, 4) is 22.8 Å². The molecule has 0 saturated carbocycles. The number of aryl methyl sites for hydroxylation is 1. The van der Waals surface area contributed by atoms with E-state index in [2.05, 4.69) is 15.0 Å². The van der Waals surface area contributed by atoms with Crippen LogP contribution in [-0.4, -0.2) is 15.0 Å². The molecule has 1 N–H and O–H groups in total. The predicted octanol–water partition coefficient (Wildman–Crippen LogP) is 3.55. The maximum absolute atomic E-state index is 12.2. The first-order valence-corrected chi connectivity index (χ1v) is 7.24. The molecule has 0 fully saturated rings. The predicted molar refractivity (Wildman–Crippen MR) is 88.0 cm³/mol. The van der Waals surface area contributed by atoms with Crippen LogP contribution in [0, 0.1) is 6.92 Å². The molecule has 23 heavy (non-hydrogen) atoms. The van der Waals surface area contributed by atoms with Gasteiger partial charge >= 0.3 is 0 Å². The van der Waals surface area contributed by atoms with Crippen LogP contribution in [-0.2, 0) is 0 Å². The number of hydrogen-bond donors (Lipinski definition) is 1. The summed E-state index contributed by atoms with van der Waals surface area (Å²) in [6, 6.07) is 17.2. The molecule has 0 unspecified atom stereocenters. The summed E-state index contributed by atoms with van der Waals surface area (Å²) in [5.74, 6) is 0.870. The summed E-state index contributed by atoms with van der Waals surface area (Å²) >= 11 is 0. The fourth-order valence-electron chi connectivity index (χ4n) is 2.39. The van der Waals surface area contributed by atoms with Gasteiger partial charge in [-0.15, -0.1) is 0 Å². The third-order valence-electron chi connectivity index (χ3n) is 3.61. The van der Waals surface area contributed by atoms with Crippen LogP contribution in [0.1, 0.15) is 5.56 Å². The summed E-state index contributed by atoms with van der Waals surface area (Å²) in [6.07, 6.45) is 0. The standard InChI is InChI=1S/C18H13N3O2/c1-11-7-9-13(10-8-11)18-21-16-14(23-18)17(22)20-15(19-16)12-5-3-2-4-6-12/h2-10H,1H3,(H,19,20,22). The van der Waals surface area contributed by atoms with Crippen molar-refractivity contribution in [3.05, 3.63) is 70.5 Å². The Morgan fingerprint density at radius 3 is 2.39 bits per heavy atom. The van der Waals surface area contributed by atoms with Gasteiger partial charge in [-0.05, 0) is 19.1 Å². The lowest BCUT2D eigenvalue weighted by Crippen LogP contribution is -2.08. The van der Waals surface area contributed by atoms with Crippen molar-refractivity contribution in [2.45, 2.75) is 6.92 Å². The Hall–Kier alpha value is -3.21. The number of oxazole rings is 1. The van der Waals surface area contributed by atoms with Gasteiger partial charge in [0.25, 0.3) is 5.56 Å². The fourth-order valence-corrected chi connectivity index (χ4v) is 2.39. The maximum Gasteiger partial charge on any atom is 0.296 e. The van der Waals surface area contributed by atoms with E-state index in [0.717, 1.165) is 16.7 Å². The van der Waals surface area contributed by atoms with Crippen molar-refractivity contribution in [1.29, 1.82) is 0 Å². The number of H-pyrrole nitrogens is 1. The van der Waals surface area contributed by atoms with Crippen LogP contribution in [0.4, 0.5) is 0 Å². The molecule has 2 aromatic heterocycles. The number of nitrogens with one attached hydrogen (secondary N) is 1. The molecule has 0 amide bonds. The Morgan fingerprint density at radius 1 is 0.913 bits per heavy atom. The van der Waals surface area contributed by atoms with Gasteiger partial charge < -0.3 is 9.40 Å². The fraction of sp³-hybridized carbons (Fsp3) is 0.0556. The van der Waals surface area contributed by atoms with Crippen LogP contribution in [0.5, 0.6) is 0 Å². The van der Waals surface area contributed by atoms with Gasteiger partial charge in [0.1, 0.15) is 5.82 Å². The van der Waals surface area contributed by atoms with Gasteiger partial charge in [0.2, 0.25) is 17.1 Å². The number of aromatic nitrogens is 3. The Labute approximate surface area is 131 Å². The summed E-state index contributed by atoms with van der Waals surface area (Å²) in [7, 11) is 0. The molecule has 0 aliphatic carbocycles. The second kappa shape index (κ2) is 5.21. The Bertz CT molecular complexity index is 1030. The summed E-state index contributed by atoms with van der Waals surface area (Å²) in [5, 5.41) is 0. The van der Waals surface area contributed by atoms with Crippen LogP contribution in [0.25, 0.3) is 34.1 Å². The highest BCUT2D eigenvalue weighted by Gasteiger charge is 2.14. The number of rotatable bonds is 2. The smallest absolute Gasteiger partial charge is 0.296 e. The van der Waals surface area contributed by atoms with Gasteiger partial charge in [0.15, 0.2) is 0 Å². The Kier molecular flexibility index (Phi) is 3.05. The molecule has 2 heterocycles. The number of fused-ring (bicyclic) bond motifs is 1. The molecule has 0 aliphatic rings. The van der Waals surface area contributed by atoms with E-state index in [1.165, 1.54) is 0 Å². The first kappa shape index (κ1) is 13.5. The van der Waals surface area contributed by atoms with Crippen molar-refractivity contribution in [3.63, 3.8) is 0 Å². The molecule has 0 aliphatic heterocycles. The topological polar surface area (TPSA) is 71.8 Å². The minimum Gasteiger partial charge on any atom is -0.428 e. The second-order valence-corrected chi connectivity index (χ2v) is 5.32. The van der Waals surface area contributed by atoms with Gasteiger partial charge in [-0.2, -0.15) is 4.98 Å². The lowest BCUT2D eigenvalue weighted by Gasteiger charge is -1.98. The molecule has 0 bridgehead atoms. The Morgan fingerprint density at radius 2 is 1.65 bits per heavy atom. The minimum absolute atomic E-state index is 0.139. The number of hydrogen-bond acceptors (Lipinski definition) is 4. The summed E-state index contributed by atoms with van der Waals surface area (Å²) < 4.78 is 5.60. The molecular formula is C18H13N3O2. The first-order valence-electron chi connectivity index (χ1n) is 7.24. The highest BCUT2D eigenvalue weighted by atomic mass is 16.4. The zero-order valence-corrected chi connectivity index (χ0v) is 12.4. The van der Waals surface area contributed by atoms with Crippen LogP contribution in [0.15, 0.2) is 63.8 Å². The Balaban J connectivity index is 1.87. The molecule has 0 spiro atoms. The van der Waals surface area contributed by atoms with Crippen LogP contribution >= 0.6 is 0 Å². The van der Waals surface area contributed by atoms with E-state index in [0.29, 0.717) is 17.4 Å². The average Bonchev–Trinajstić information content (AvgIpc) is 3.01. The van der Waals surface area contributed by atoms with Crippen molar-refractivity contribution in [1.82, 2.24) is 15.0 Å². The first-order chi connectivity index (χ1) is 11.2. The number of nitrogens with zero attached hydrogens (tertiary/aromatic N) is 2. The van der Waals surface area contributed by atoms with E-state index in [1.807, 2.05) is 61.5 Å². The van der Waals surface area contributed by atoms with Crippen molar-refractivity contribution < 1.29 is 4.42 Å². The van der Waals surface area contributed by atoms with E-state index in [4.69, 9.17) is 4.42 Å². The summed E-state index contributed by atoms with van der Waals surface area (Å²) in [4.78, 5) is 23.8. The third kappa shape index (κ3) is 2.42. The van der Waals surface area contributed by atoms with Crippen molar-refractivity contribution in [2.24, 2.45) is 0 Å². The van der Waals surface area contributed by atoms with Gasteiger partial charge in [-0.3, -0.25) is 4.79 Å². The number of aromatic amines is 1. The molecule has 2 aromatic carbocycles. The highest BCUT2D eigenvalue weighted by Crippen LogP contribution is 2.23. The number of benzene rings is 2. The molecular weight excluding hydrogens is 290 g/mol. The average molecular weight is 303 g/mol. The van der Waals surface area contributed by atoms with E-state index in [9.17, 15) is 4.79 Å². The molecule has 4 aromatic rings. The molecule has 0 radical (unpaired) electrons. The quantitative estimate of drug-likeness (QED) is 0.614. The normalized spacial score (nSPS) is 11.0. The van der Waals surface area contributed by atoms with E-state index in [1.54, 1.807) is 0 Å². The van der Waals surface area contributed by atoms with Gasteiger partial charge in [-0.1, -0.05) is 48.0 Å². The van der Waals surface area contributed by atoms with Crippen LogP contribution in [0.2, 0.25) is 0 Å². The molecule has 5 heteroatoms. The zero-order chi connectivity index (χ0) is 15.8. The van der Waals surface area contributed by atoms with E-state index >= 15 is 0 Å². The van der Waals surface area contributed by atoms with Gasteiger partial charge in [0, 0.05) is 11.1 Å². The highest BCUT2D eigenvalue weighted by molar-refractivity contribution is 5.73. The lowest BCUT2D eigenvalue weighted by atomic mass is 10.1. The largest absolute Gasteiger partial charge is 0.428 e. The summed E-state index contributed by atoms with van der Waals surface area (Å²) in [6.45, 7) is 2.01. The summed E-state index contributed by atoms with van der Waals surface area (Å²) in [5.41, 5.74) is 2.90. The molecule has 4 rings (SSSR count). The van der Waals surface area contributed by atoms with E-state index in [-0.39, 0.29) is 11.1 Å². The molecule has 0 atom stereocenters. The minimum atomic E-state index is -0.334. The van der Waals surface area contributed by atoms with Gasteiger partial charge in [-0.25, -0.2) is 4.98 Å². The van der Waals surface area contributed by atoms with Crippen molar-refractivity contribution in [2.75, 3.05) is 0 Å². The third-order valence-corrected chi connectivity index (χ3v) is 3.61. The molecule has 112 valence electrons. The lowest BCUT2D eigenvalue weighted by molar-refractivity contribution is 0.614. The van der Waals surface area contributed by atoms with Crippen LogP contribution in [0.3, 0.4) is 0 Å². The van der Waals surface area contributed by atoms with Gasteiger partial charge in [0.05, 0.1) is 0 Å². The monoisotopic (exact) mass is 303 g/mol. The van der Waals surface area contributed by atoms with Crippen LogP contribution < -0.4 is 5.56 Å². The molecule has 0 saturated heterocycles. The van der Waals surface area contributed by atoms with E-state index < -0.39 is 0 Å². The maximum atomic E-state index is 12.2. The molecule has 5 nitrogen and oxygen atoms in total. The second-order valence-electron chi connectivity index (χ2n) is 5.32. The SMILES string of the molecule is Cc1ccc(-c2nc3nc(-c4ccccc4)[nH]c(=O)c3o2)cc1.